The number of carbonyl (C=O) groups is 3. The lowest BCUT2D eigenvalue weighted by Crippen LogP contribution is -2.63. The fourth-order valence-corrected chi connectivity index (χ4v) is 3.35. The minimum Gasteiger partial charge on any atom is -0.390 e. The zero-order chi connectivity index (χ0) is 16.0. The van der Waals surface area contributed by atoms with E-state index in [1.165, 1.54) is 0 Å². The molecule has 1 saturated heterocycles. The summed E-state index contributed by atoms with van der Waals surface area (Å²) < 4.78 is 16.7. The number of hydrogen-bond acceptors (Lipinski definition) is 7. The second-order valence-corrected chi connectivity index (χ2v) is 6.76. The Labute approximate surface area is 127 Å². The highest BCUT2D eigenvalue weighted by atomic mass is 79.9. The van der Waals surface area contributed by atoms with Gasteiger partial charge in [0.05, 0.1) is 19.1 Å². The fraction of sp³-hybridized carbons (Fsp3) is 0.750. The van der Waals surface area contributed by atoms with E-state index >= 15 is 0 Å². The van der Waals surface area contributed by atoms with Gasteiger partial charge in [-0.15, -0.1) is 0 Å². The third-order valence-corrected chi connectivity index (χ3v) is 4.71. The van der Waals surface area contributed by atoms with Crippen LogP contribution in [0.4, 0.5) is 4.39 Å². The largest absolute Gasteiger partial charge is 0.390 e. The first-order valence-corrected chi connectivity index (χ1v) is 7.04. The SMILES string of the molecule is O=C1CC(=O)C(F)C(Br)(C(=O)[C@@]2(O)C[C@H](O)[C@H](O)CO2)C1. The Morgan fingerprint density at radius 1 is 1.33 bits per heavy atom. The molecule has 0 amide bonds. The van der Waals surface area contributed by atoms with Crippen LogP contribution in [-0.2, 0) is 19.1 Å². The summed E-state index contributed by atoms with van der Waals surface area (Å²) in [6, 6.07) is 0. The van der Waals surface area contributed by atoms with Gasteiger partial charge in [0.25, 0.3) is 0 Å². The van der Waals surface area contributed by atoms with Gasteiger partial charge < -0.3 is 20.1 Å². The maximum atomic E-state index is 14.1. The summed E-state index contributed by atoms with van der Waals surface area (Å²) in [4.78, 5) is 35.3. The molecule has 2 unspecified atom stereocenters. The average molecular weight is 369 g/mol. The molecule has 1 aliphatic heterocycles. The van der Waals surface area contributed by atoms with Crippen LogP contribution in [0.3, 0.4) is 0 Å². The maximum absolute atomic E-state index is 14.1. The van der Waals surface area contributed by atoms with Gasteiger partial charge >= 0.3 is 0 Å². The van der Waals surface area contributed by atoms with Crippen molar-refractivity contribution in [1.82, 2.24) is 0 Å². The molecule has 0 bridgehead atoms. The lowest BCUT2D eigenvalue weighted by molar-refractivity contribution is -0.258. The van der Waals surface area contributed by atoms with Crippen molar-refractivity contribution in [3.05, 3.63) is 0 Å². The van der Waals surface area contributed by atoms with Crippen LogP contribution in [-0.4, -0.2) is 67.8 Å². The summed E-state index contributed by atoms with van der Waals surface area (Å²) in [5, 5.41) is 29.0. The zero-order valence-corrected chi connectivity index (χ0v) is 12.4. The van der Waals surface area contributed by atoms with Gasteiger partial charge in [-0.05, 0) is 0 Å². The Hall–Kier alpha value is -0.740. The number of aliphatic hydroxyl groups is 3. The molecule has 1 aliphatic carbocycles. The van der Waals surface area contributed by atoms with Crippen LogP contribution in [0.25, 0.3) is 0 Å². The Balaban J connectivity index is 2.29. The first kappa shape index (κ1) is 16.6. The highest BCUT2D eigenvalue weighted by Crippen LogP contribution is 2.41. The van der Waals surface area contributed by atoms with Crippen LogP contribution in [0.5, 0.6) is 0 Å². The highest BCUT2D eigenvalue weighted by molar-refractivity contribution is 9.10. The van der Waals surface area contributed by atoms with Gasteiger partial charge in [-0.3, -0.25) is 14.4 Å². The van der Waals surface area contributed by atoms with Crippen molar-refractivity contribution in [3.63, 3.8) is 0 Å². The van der Waals surface area contributed by atoms with Crippen LogP contribution in [0, 0.1) is 0 Å². The van der Waals surface area contributed by atoms with Crippen molar-refractivity contribution in [2.45, 2.75) is 47.8 Å². The summed E-state index contributed by atoms with van der Waals surface area (Å²) in [7, 11) is 0. The van der Waals surface area contributed by atoms with E-state index in [1.54, 1.807) is 0 Å². The fourth-order valence-electron chi connectivity index (χ4n) is 2.47. The van der Waals surface area contributed by atoms with Crippen molar-refractivity contribution in [3.8, 4) is 0 Å². The van der Waals surface area contributed by atoms with Crippen LogP contribution < -0.4 is 0 Å². The van der Waals surface area contributed by atoms with Crippen molar-refractivity contribution in [2.75, 3.05) is 6.61 Å². The van der Waals surface area contributed by atoms with Gasteiger partial charge in [0.1, 0.15) is 16.2 Å². The van der Waals surface area contributed by atoms with Crippen LogP contribution in [0.1, 0.15) is 19.3 Å². The quantitative estimate of drug-likeness (QED) is 0.413. The number of rotatable bonds is 2. The molecule has 3 N–H and O–H groups in total. The normalized spacial score (nSPS) is 44.7. The predicted molar refractivity (Wildman–Crippen MR) is 68.3 cm³/mol. The van der Waals surface area contributed by atoms with Gasteiger partial charge in [0.2, 0.25) is 11.6 Å². The Bertz CT molecular complexity index is 498. The van der Waals surface area contributed by atoms with E-state index < -0.39 is 71.7 Å². The molecule has 5 atom stereocenters. The molecule has 2 aliphatic rings. The molecule has 0 spiro atoms. The lowest BCUT2D eigenvalue weighted by Gasteiger charge is -2.41. The van der Waals surface area contributed by atoms with Crippen molar-refractivity contribution in [1.29, 1.82) is 0 Å². The van der Waals surface area contributed by atoms with E-state index in [-0.39, 0.29) is 0 Å². The van der Waals surface area contributed by atoms with Gasteiger partial charge in [-0.1, -0.05) is 15.9 Å². The molecular weight excluding hydrogens is 355 g/mol. The maximum Gasteiger partial charge on any atom is 0.230 e. The van der Waals surface area contributed by atoms with Gasteiger partial charge in [0.15, 0.2) is 12.0 Å². The second-order valence-electron chi connectivity index (χ2n) is 5.35. The first-order chi connectivity index (χ1) is 9.60. The number of aliphatic hydroxyl groups excluding tert-OH is 2. The molecule has 2 rings (SSSR count). The average Bonchev–Trinajstić information content (AvgIpc) is 2.40. The number of alkyl halides is 2. The monoisotopic (exact) mass is 368 g/mol. The van der Waals surface area contributed by atoms with Crippen molar-refractivity contribution < 1.29 is 38.8 Å². The summed E-state index contributed by atoms with van der Waals surface area (Å²) in [5.41, 5.74) is 0. The Morgan fingerprint density at radius 3 is 2.52 bits per heavy atom. The molecule has 7 nitrogen and oxygen atoms in total. The summed E-state index contributed by atoms with van der Waals surface area (Å²) >= 11 is 2.76. The highest BCUT2D eigenvalue weighted by Gasteiger charge is 2.60. The molecule has 2 fully saturated rings. The Kier molecular flexibility index (Phi) is 4.33. The molecule has 0 aromatic rings. The molecule has 21 heavy (non-hydrogen) atoms. The van der Waals surface area contributed by atoms with E-state index in [2.05, 4.69) is 15.9 Å². The number of halogens is 2. The zero-order valence-electron chi connectivity index (χ0n) is 10.8. The number of ketones is 3. The molecule has 9 heteroatoms. The third-order valence-electron chi connectivity index (χ3n) is 3.67. The summed E-state index contributed by atoms with van der Waals surface area (Å²) in [5.74, 6) is -5.53. The molecule has 0 aromatic carbocycles. The van der Waals surface area contributed by atoms with E-state index in [0.717, 1.165) is 0 Å². The van der Waals surface area contributed by atoms with Crippen LogP contribution in [0.2, 0.25) is 0 Å². The van der Waals surface area contributed by atoms with Crippen molar-refractivity contribution >= 4 is 33.3 Å². The third kappa shape index (κ3) is 2.80. The summed E-state index contributed by atoms with van der Waals surface area (Å²) in [6.45, 7) is -0.536. The van der Waals surface area contributed by atoms with Gasteiger partial charge in [0, 0.05) is 12.8 Å². The Morgan fingerprint density at radius 2 is 1.95 bits per heavy atom. The first-order valence-electron chi connectivity index (χ1n) is 6.25. The number of hydrogen-bond donors (Lipinski definition) is 3. The molecular formula is C12H14BrFO7. The smallest absolute Gasteiger partial charge is 0.230 e. The minimum atomic E-state index is -2.58. The minimum absolute atomic E-state index is 0.536. The molecule has 0 aromatic heterocycles. The second kappa shape index (κ2) is 5.47. The lowest BCUT2D eigenvalue weighted by atomic mass is 9.78. The summed E-state index contributed by atoms with van der Waals surface area (Å²) in [6.07, 6.45) is -6.95. The van der Waals surface area contributed by atoms with Gasteiger partial charge in [-0.25, -0.2) is 4.39 Å². The van der Waals surface area contributed by atoms with Crippen LogP contribution >= 0.6 is 15.9 Å². The van der Waals surface area contributed by atoms with Gasteiger partial charge in [-0.2, -0.15) is 0 Å². The van der Waals surface area contributed by atoms with E-state index in [1.807, 2.05) is 0 Å². The number of Topliss-reactive ketones (excluding diaryl/α,β-unsaturated/α-hetero) is 3. The van der Waals surface area contributed by atoms with Crippen LogP contribution in [0.15, 0.2) is 0 Å². The molecule has 118 valence electrons. The molecule has 1 heterocycles. The standard InChI is InChI=1S/C12H14BrFO7/c13-11(2-5(15)1-6(16)9(11)14)10(19)12(20)3-7(17)8(18)4-21-12/h7-9,17-18,20H,1-4H2/t7-,8+,9?,11?,12+/m0/s1. The topological polar surface area (TPSA) is 121 Å². The van der Waals surface area contributed by atoms with E-state index in [0.29, 0.717) is 0 Å². The number of ether oxygens (including phenoxy) is 1. The molecule has 0 radical (unpaired) electrons. The van der Waals surface area contributed by atoms with Crippen molar-refractivity contribution in [2.24, 2.45) is 0 Å². The molecule has 1 saturated carbocycles. The van der Waals surface area contributed by atoms with E-state index in [9.17, 15) is 34.1 Å². The number of carbonyl (C=O) groups excluding carboxylic acids is 3. The van der Waals surface area contributed by atoms with E-state index in [4.69, 9.17) is 4.74 Å². The predicted octanol–water partition coefficient (Wildman–Crippen LogP) is -1.21.